The highest BCUT2D eigenvalue weighted by Crippen LogP contribution is 2.16. The smallest absolute Gasteiger partial charge is 0.223 e. The molecule has 0 bridgehead atoms. The molecule has 1 rings (SSSR count). The molecule has 1 aliphatic rings. The number of hydrogen-bond donors (Lipinski definition) is 1. The zero-order valence-electron chi connectivity index (χ0n) is 11.3. The maximum Gasteiger partial charge on any atom is 0.223 e. The first kappa shape index (κ1) is 15.4. The fraction of sp³-hybridized carbons (Fsp3) is 0.917. The van der Waals surface area contributed by atoms with Crippen LogP contribution in [-0.4, -0.2) is 56.9 Å². The van der Waals surface area contributed by atoms with Crippen LogP contribution < -0.4 is 5.32 Å². The van der Waals surface area contributed by atoms with Crippen molar-refractivity contribution in [2.45, 2.75) is 38.6 Å². The Labute approximate surface area is 110 Å². The molecule has 1 unspecified atom stereocenters. The van der Waals surface area contributed by atoms with Crippen molar-refractivity contribution in [2.24, 2.45) is 0 Å². The number of unbranched alkanes of at least 4 members (excludes halogenated alkanes) is 1. The third-order valence-electron chi connectivity index (χ3n) is 3.37. The Morgan fingerprint density at radius 1 is 1.39 bits per heavy atom. The Bertz CT molecular complexity index is 368. The second kappa shape index (κ2) is 7.09. The van der Waals surface area contributed by atoms with Gasteiger partial charge >= 0.3 is 0 Å². The Balaban J connectivity index is 2.25. The van der Waals surface area contributed by atoms with E-state index in [-0.39, 0.29) is 23.5 Å². The number of carbonyl (C=O) groups excluding carboxylic acids is 1. The molecule has 1 saturated heterocycles. The number of sulfone groups is 1. The van der Waals surface area contributed by atoms with E-state index >= 15 is 0 Å². The van der Waals surface area contributed by atoms with Crippen molar-refractivity contribution in [2.75, 3.05) is 31.6 Å². The number of carbonyl (C=O) groups is 1. The Hall–Kier alpha value is -0.620. The number of rotatable bonds is 7. The Kier molecular flexibility index (Phi) is 6.08. The summed E-state index contributed by atoms with van der Waals surface area (Å²) in [6, 6.07) is -0.127. The zero-order chi connectivity index (χ0) is 13.6. The van der Waals surface area contributed by atoms with Gasteiger partial charge in [-0.3, -0.25) is 4.79 Å². The summed E-state index contributed by atoms with van der Waals surface area (Å²) in [7, 11) is -1.21. The zero-order valence-corrected chi connectivity index (χ0v) is 12.1. The molecule has 0 aromatic carbocycles. The van der Waals surface area contributed by atoms with Crippen LogP contribution in [0.25, 0.3) is 0 Å². The summed E-state index contributed by atoms with van der Waals surface area (Å²) in [5.41, 5.74) is 0. The van der Waals surface area contributed by atoms with E-state index in [9.17, 15) is 13.2 Å². The predicted molar refractivity (Wildman–Crippen MR) is 72.2 cm³/mol. The van der Waals surface area contributed by atoms with Crippen LogP contribution in [0.5, 0.6) is 0 Å². The summed E-state index contributed by atoms with van der Waals surface area (Å²) >= 11 is 0. The first-order chi connectivity index (χ1) is 8.46. The van der Waals surface area contributed by atoms with Crippen LogP contribution in [0.2, 0.25) is 0 Å². The van der Waals surface area contributed by atoms with Crippen LogP contribution in [0.4, 0.5) is 0 Å². The third-order valence-corrected chi connectivity index (χ3v) is 5.12. The lowest BCUT2D eigenvalue weighted by Crippen LogP contribution is -2.39. The fourth-order valence-electron chi connectivity index (χ4n) is 2.08. The monoisotopic (exact) mass is 276 g/mol. The quantitative estimate of drug-likeness (QED) is 0.684. The molecule has 1 atom stereocenters. The highest BCUT2D eigenvalue weighted by atomic mass is 32.2. The van der Waals surface area contributed by atoms with E-state index in [2.05, 4.69) is 12.2 Å². The molecule has 0 saturated carbocycles. The molecule has 1 aliphatic heterocycles. The van der Waals surface area contributed by atoms with Gasteiger partial charge < -0.3 is 10.2 Å². The van der Waals surface area contributed by atoms with Gasteiger partial charge in [-0.1, -0.05) is 13.3 Å². The minimum Gasteiger partial charge on any atom is -0.342 e. The van der Waals surface area contributed by atoms with E-state index < -0.39 is 9.84 Å². The first-order valence-corrected chi connectivity index (χ1v) is 8.45. The van der Waals surface area contributed by atoms with Crippen LogP contribution in [-0.2, 0) is 14.6 Å². The maximum absolute atomic E-state index is 11.9. The van der Waals surface area contributed by atoms with Crippen LogP contribution in [0.1, 0.15) is 32.6 Å². The molecule has 0 aromatic rings. The van der Waals surface area contributed by atoms with Crippen LogP contribution in [0.3, 0.4) is 0 Å². The van der Waals surface area contributed by atoms with Gasteiger partial charge in [-0.05, 0) is 19.4 Å². The Morgan fingerprint density at radius 2 is 2.11 bits per heavy atom. The summed E-state index contributed by atoms with van der Waals surface area (Å²) in [4.78, 5) is 13.5. The van der Waals surface area contributed by atoms with E-state index in [1.165, 1.54) is 0 Å². The summed E-state index contributed by atoms with van der Waals surface area (Å²) in [5.74, 6) is 0.365. The van der Waals surface area contributed by atoms with Gasteiger partial charge in [0.05, 0.1) is 11.5 Å². The van der Waals surface area contributed by atoms with Crippen LogP contribution in [0.15, 0.2) is 0 Å². The molecule has 5 nitrogen and oxygen atoms in total. The van der Waals surface area contributed by atoms with Crippen molar-refractivity contribution in [1.29, 1.82) is 0 Å². The maximum atomic E-state index is 11.9. The second-order valence-corrected chi connectivity index (χ2v) is 7.14. The molecule has 1 fully saturated rings. The van der Waals surface area contributed by atoms with E-state index in [0.29, 0.717) is 19.4 Å². The van der Waals surface area contributed by atoms with Crippen molar-refractivity contribution in [1.82, 2.24) is 10.2 Å². The molecule has 106 valence electrons. The predicted octanol–water partition coefficient (Wildman–Crippen LogP) is 0.412. The van der Waals surface area contributed by atoms with Gasteiger partial charge in [-0.15, -0.1) is 0 Å². The van der Waals surface area contributed by atoms with Gasteiger partial charge in [0.25, 0.3) is 0 Å². The van der Waals surface area contributed by atoms with Gasteiger partial charge in [-0.25, -0.2) is 8.42 Å². The van der Waals surface area contributed by atoms with Crippen molar-refractivity contribution in [3.63, 3.8) is 0 Å². The molecule has 1 N–H and O–H groups in total. The summed E-state index contributed by atoms with van der Waals surface area (Å²) in [5, 5.41) is 3.21. The highest BCUT2D eigenvalue weighted by molar-refractivity contribution is 7.91. The lowest BCUT2D eigenvalue weighted by Gasteiger charge is -2.23. The molecule has 0 aromatic heterocycles. The van der Waals surface area contributed by atoms with Gasteiger partial charge in [0.2, 0.25) is 5.91 Å². The normalized spacial score (nSPS) is 22.0. The topological polar surface area (TPSA) is 66.5 Å². The third kappa shape index (κ3) is 4.94. The average molecular weight is 276 g/mol. The molecule has 1 amide bonds. The fourth-order valence-corrected chi connectivity index (χ4v) is 3.86. The van der Waals surface area contributed by atoms with Gasteiger partial charge in [0.1, 0.15) is 0 Å². The minimum atomic E-state index is -2.92. The molecule has 18 heavy (non-hydrogen) atoms. The first-order valence-electron chi connectivity index (χ1n) is 6.63. The summed E-state index contributed by atoms with van der Waals surface area (Å²) < 4.78 is 22.7. The van der Waals surface area contributed by atoms with Crippen LogP contribution in [0, 0.1) is 0 Å². The van der Waals surface area contributed by atoms with Gasteiger partial charge in [0, 0.05) is 26.1 Å². The number of hydrogen-bond acceptors (Lipinski definition) is 4. The van der Waals surface area contributed by atoms with E-state index in [1.54, 1.807) is 11.9 Å². The van der Waals surface area contributed by atoms with Crippen LogP contribution >= 0.6 is 0 Å². The van der Waals surface area contributed by atoms with E-state index in [0.717, 1.165) is 19.4 Å². The number of amides is 1. The largest absolute Gasteiger partial charge is 0.342 e. The molecule has 1 heterocycles. The van der Waals surface area contributed by atoms with E-state index in [1.807, 2.05) is 0 Å². The van der Waals surface area contributed by atoms with Crippen molar-refractivity contribution < 1.29 is 13.2 Å². The van der Waals surface area contributed by atoms with E-state index in [4.69, 9.17) is 0 Å². The molecule has 0 radical (unpaired) electrons. The van der Waals surface area contributed by atoms with Gasteiger partial charge in [0.15, 0.2) is 9.84 Å². The second-order valence-electron chi connectivity index (χ2n) is 4.92. The molecule has 6 heteroatoms. The highest BCUT2D eigenvalue weighted by Gasteiger charge is 2.32. The molecular formula is C12H24N2O3S. The van der Waals surface area contributed by atoms with Crippen molar-refractivity contribution in [3.05, 3.63) is 0 Å². The lowest BCUT2D eigenvalue weighted by atomic mass is 10.2. The molecule has 0 aliphatic carbocycles. The summed E-state index contributed by atoms with van der Waals surface area (Å²) in [6.07, 6.45) is 3.27. The lowest BCUT2D eigenvalue weighted by molar-refractivity contribution is -0.131. The SMILES string of the molecule is CCCCNCCC(=O)N(C)C1CCS(=O)(=O)C1. The Morgan fingerprint density at radius 3 is 2.67 bits per heavy atom. The van der Waals surface area contributed by atoms with Crippen molar-refractivity contribution in [3.8, 4) is 0 Å². The van der Waals surface area contributed by atoms with Gasteiger partial charge in [-0.2, -0.15) is 0 Å². The van der Waals surface area contributed by atoms with Crippen molar-refractivity contribution >= 4 is 15.7 Å². The average Bonchev–Trinajstić information content (AvgIpc) is 2.68. The molecule has 0 spiro atoms. The standard InChI is InChI=1S/C12H24N2O3S/c1-3-4-7-13-8-5-12(15)14(2)11-6-9-18(16,17)10-11/h11,13H,3-10H2,1-2H3. The summed E-state index contributed by atoms with van der Waals surface area (Å²) in [6.45, 7) is 3.73. The number of nitrogens with zero attached hydrogens (tertiary/aromatic N) is 1. The number of nitrogens with one attached hydrogen (secondary N) is 1. The minimum absolute atomic E-state index is 0.0288. The molecular weight excluding hydrogens is 252 g/mol.